The van der Waals surface area contributed by atoms with Gasteiger partial charge in [0, 0.05) is 30.5 Å². The maximum atomic E-state index is 11.3. The van der Waals surface area contributed by atoms with Crippen molar-refractivity contribution in [3.8, 4) is 0 Å². The van der Waals surface area contributed by atoms with Crippen molar-refractivity contribution in [3.05, 3.63) is 36.3 Å². The zero-order chi connectivity index (χ0) is 21.7. The van der Waals surface area contributed by atoms with E-state index in [1.54, 1.807) is 6.20 Å². The zero-order valence-electron chi connectivity index (χ0n) is 17.7. The molecule has 0 saturated heterocycles. The third-order valence-electron chi connectivity index (χ3n) is 4.91. The molecule has 0 fully saturated rings. The molecule has 3 rings (SSSR count). The van der Waals surface area contributed by atoms with Crippen molar-refractivity contribution in [2.24, 2.45) is 5.84 Å². The Morgan fingerprint density at radius 1 is 1.33 bits per heavy atom. The van der Waals surface area contributed by atoms with Crippen LogP contribution in [0.3, 0.4) is 0 Å². The lowest BCUT2D eigenvalue weighted by Crippen LogP contribution is -2.49. The number of carbonyl (C=O) groups excluding carboxylic acids is 1. The van der Waals surface area contributed by atoms with E-state index in [0.717, 1.165) is 27.8 Å². The molecule has 162 valence electrons. The number of imidazole rings is 1. The van der Waals surface area contributed by atoms with Crippen molar-refractivity contribution in [2.75, 3.05) is 6.61 Å². The second-order valence-corrected chi connectivity index (χ2v) is 7.91. The first-order valence-corrected chi connectivity index (χ1v) is 10.1. The van der Waals surface area contributed by atoms with Gasteiger partial charge in [0.05, 0.1) is 17.2 Å². The molecule has 0 aliphatic heterocycles. The number of nitrogens with zero attached hydrogens (tertiary/aromatic N) is 3. The molecule has 0 aliphatic rings. The van der Waals surface area contributed by atoms with Crippen LogP contribution < -0.4 is 16.6 Å². The van der Waals surface area contributed by atoms with E-state index in [-0.39, 0.29) is 18.7 Å². The van der Waals surface area contributed by atoms with Gasteiger partial charge in [0.25, 0.3) is 0 Å². The summed E-state index contributed by atoms with van der Waals surface area (Å²) in [5.41, 5.74) is 4.27. The second kappa shape index (κ2) is 9.48. The molecular formula is C21H30N6O3. The lowest BCUT2D eigenvalue weighted by molar-refractivity contribution is -0.121. The van der Waals surface area contributed by atoms with E-state index in [2.05, 4.69) is 20.3 Å². The number of para-hydroxylation sites is 1. The highest BCUT2D eigenvalue weighted by molar-refractivity contribution is 6.02. The molecule has 0 spiro atoms. The third-order valence-corrected chi connectivity index (χ3v) is 4.91. The molecule has 0 bridgehead atoms. The van der Waals surface area contributed by atoms with E-state index < -0.39 is 11.8 Å². The fourth-order valence-corrected chi connectivity index (χ4v) is 3.59. The molecule has 0 aliphatic carbocycles. The number of hydrogen-bond donors (Lipinski definition) is 4. The summed E-state index contributed by atoms with van der Waals surface area (Å²) in [5.74, 6) is 5.59. The number of aromatic nitrogens is 3. The van der Waals surface area contributed by atoms with Gasteiger partial charge in [0.15, 0.2) is 0 Å². The molecule has 3 aromatic rings. The standard InChI is InChI=1S/C21H30N6O3/c1-4-30-12-17-24-16-11-23-15-8-6-5-7-14(15)20(16)27(17)13-21(2,3)25-18(28)9-10-19(29)26-22/h5-8,11,18,25,28H,4,9-10,12-13,22H2,1-3H3,(H,26,29). The second-order valence-electron chi connectivity index (χ2n) is 7.91. The number of nitrogens with one attached hydrogen (secondary N) is 2. The quantitative estimate of drug-likeness (QED) is 0.172. The van der Waals surface area contributed by atoms with Crippen LogP contribution in [-0.2, 0) is 22.7 Å². The van der Waals surface area contributed by atoms with Gasteiger partial charge < -0.3 is 14.4 Å². The molecule has 1 unspecified atom stereocenters. The van der Waals surface area contributed by atoms with E-state index in [1.807, 2.05) is 45.0 Å². The van der Waals surface area contributed by atoms with Gasteiger partial charge in [-0.1, -0.05) is 18.2 Å². The maximum Gasteiger partial charge on any atom is 0.234 e. The summed E-state index contributed by atoms with van der Waals surface area (Å²) in [4.78, 5) is 20.6. The Balaban J connectivity index is 1.92. The Bertz CT molecular complexity index is 1020. The molecule has 2 aromatic heterocycles. The van der Waals surface area contributed by atoms with Gasteiger partial charge >= 0.3 is 0 Å². The Kier molecular flexibility index (Phi) is 6.99. The highest BCUT2D eigenvalue weighted by atomic mass is 16.5. The highest BCUT2D eigenvalue weighted by Gasteiger charge is 2.25. The van der Waals surface area contributed by atoms with E-state index in [1.165, 1.54) is 0 Å². The minimum absolute atomic E-state index is 0.140. The van der Waals surface area contributed by atoms with Crippen LogP contribution in [0.15, 0.2) is 30.5 Å². The number of fused-ring (bicyclic) bond motifs is 3. The number of ether oxygens (including phenoxy) is 1. The summed E-state index contributed by atoms with van der Waals surface area (Å²) in [5, 5.41) is 14.6. The van der Waals surface area contributed by atoms with Crippen LogP contribution in [0.2, 0.25) is 0 Å². The predicted molar refractivity (Wildman–Crippen MR) is 115 cm³/mol. The summed E-state index contributed by atoms with van der Waals surface area (Å²) in [6.45, 7) is 7.46. The number of hydrogen-bond acceptors (Lipinski definition) is 7. The molecule has 5 N–H and O–H groups in total. The molecule has 9 nitrogen and oxygen atoms in total. The Morgan fingerprint density at radius 2 is 2.10 bits per heavy atom. The number of rotatable bonds is 10. The molecule has 0 radical (unpaired) electrons. The monoisotopic (exact) mass is 414 g/mol. The minimum Gasteiger partial charge on any atom is -0.379 e. The summed E-state index contributed by atoms with van der Waals surface area (Å²) in [7, 11) is 0. The lowest BCUT2D eigenvalue weighted by Gasteiger charge is -2.31. The molecule has 9 heteroatoms. The number of nitrogens with two attached hydrogens (primary N) is 1. The van der Waals surface area contributed by atoms with Gasteiger partial charge in [0.2, 0.25) is 5.91 Å². The molecular weight excluding hydrogens is 384 g/mol. The fraction of sp³-hybridized carbons (Fsp3) is 0.476. The van der Waals surface area contributed by atoms with Gasteiger partial charge in [-0.15, -0.1) is 0 Å². The van der Waals surface area contributed by atoms with Crippen LogP contribution in [0.4, 0.5) is 0 Å². The first-order valence-electron chi connectivity index (χ1n) is 10.1. The van der Waals surface area contributed by atoms with Gasteiger partial charge in [-0.25, -0.2) is 10.8 Å². The largest absolute Gasteiger partial charge is 0.379 e. The van der Waals surface area contributed by atoms with Crippen molar-refractivity contribution < 1.29 is 14.6 Å². The van der Waals surface area contributed by atoms with E-state index in [4.69, 9.17) is 15.6 Å². The van der Waals surface area contributed by atoms with E-state index in [0.29, 0.717) is 19.8 Å². The van der Waals surface area contributed by atoms with Crippen molar-refractivity contribution in [3.63, 3.8) is 0 Å². The number of aliphatic hydroxyl groups is 1. The molecule has 30 heavy (non-hydrogen) atoms. The van der Waals surface area contributed by atoms with Gasteiger partial charge in [0.1, 0.15) is 24.2 Å². The first-order chi connectivity index (χ1) is 14.3. The normalized spacial score (nSPS) is 13.1. The third kappa shape index (κ3) is 5.11. The number of aliphatic hydroxyl groups excluding tert-OH is 1. The average molecular weight is 415 g/mol. The smallest absolute Gasteiger partial charge is 0.234 e. The zero-order valence-corrected chi connectivity index (χ0v) is 17.7. The summed E-state index contributed by atoms with van der Waals surface area (Å²) in [6, 6.07) is 7.96. The van der Waals surface area contributed by atoms with E-state index in [9.17, 15) is 9.90 Å². The van der Waals surface area contributed by atoms with Crippen LogP contribution >= 0.6 is 0 Å². The number of hydrazine groups is 1. The number of carbonyl (C=O) groups is 1. The van der Waals surface area contributed by atoms with Crippen LogP contribution in [0.5, 0.6) is 0 Å². The van der Waals surface area contributed by atoms with Crippen LogP contribution in [0.1, 0.15) is 39.4 Å². The van der Waals surface area contributed by atoms with Gasteiger partial charge in [-0.05, 0) is 33.3 Å². The molecule has 2 heterocycles. The van der Waals surface area contributed by atoms with Gasteiger partial charge in [-0.3, -0.25) is 20.5 Å². The molecule has 0 saturated carbocycles. The lowest BCUT2D eigenvalue weighted by atomic mass is 10.0. The topological polar surface area (TPSA) is 127 Å². The highest BCUT2D eigenvalue weighted by Crippen LogP contribution is 2.26. The van der Waals surface area contributed by atoms with Crippen LogP contribution in [-0.4, -0.2) is 43.9 Å². The Morgan fingerprint density at radius 3 is 2.83 bits per heavy atom. The van der Waals surface area contributed by atoms with Crippen LogP contribution in [0, 0.1) is 0 Å². The summed E-state index contributed by atoms with van der Waals surface area (Å²) >= 11 is 0. The average Bonchev–Trinajstić information content (AvgIpc) is 3.07. The number of amides is 1. The summed E-state index contributed by atoms with van der Waals surface area (Å²) in [6.07, 6.45) is 1.33. The summed E-state index contributed by atoms with van der Waals surface area (Å²) < 4.78 is 7.77. The predicted octanol–water partition coefficient (Wildman–Crippen LogP) is 1.58. The minimum atomic E-state index is -0.846. The SMILES string of the molecule is CCOCc1nc2cnc3ccccc3c2n1CC(C)(C)NC(O)CCC(=O)NN. The Hall–Kier alpha value is -2.59. The number of benzene rings is 1. The van der Waals surface area contributed by atoms with Crippen molar-refractivity contribution >= 4 is 27.8 Å². The first kappa shape index (κ1) is 22.1. The molecule has 1 amide bonds. The fourth-order valence-electron chi connectivity index (χ4n) is 3.59. The van der Waals surface area contributed by atoms with Gasteiger partial charge in [-0.2, -0.15) is 0 Å². The molecule has 1 aromatic carbocycles. The number of pyridine rings is 1. The molecule has 1 atom stereocenters. The van der Waals surface area contributed by atoms with E-state index >= 15 is 0 Å². The van der Waals surface area contributed by atoms with Crippen molar-refractivity contribution in [1.82, 2.24) is 25.3 Å². The van der Waals surface area contributed by atoms with Crippen LogP contribution in [0.25, 0.3) is 21.9 Å². The van der Waals surface area contributed by atoms with Crippen molar-refractivity contribution in [1.29, 1.82) is 0 Å². The van der Waals surface area contributed by atoms with Crippen molar-refractivity contribution in [2.45, 2.75) is 58.5 Å². The Labute approximate surface area is 175 Å². The maximum absolute atomic E-state index is 11.3.